The van der Waals surface area contributed by atoms with Crippen molar-refractivity contribution in [3.05, 3.63) is 29.6 Å². The molecule has 1 fully saturated rings. The van der Waals surface area contributed by atoms with Gasteiger partial charge in [0.2, 0.25) is 5.91 Å². The molecule has 1 spiro atoms. The lowest BCUT2D eigenvalue weighted by molar-refractivity contribution is -0.123. The zero-order chi connectivity index (χ0) is 12.0. The number of carbonyl (C=O) groups excluding carboxylic acids is 1. The van der Waals surface area contributed by atoms with Crippen LogP contribution in [0, 0.1) is 5.82 Å². The van der Waals surface area contributed by atoms with Crippen LogP contribution in [0.25, 0.3) is 0 Å². The quantitative estimate of drug-likeness (QED) is 0.780. The van der Waals surface area contributed by atoms with Crippen molar-refractivity contribution in [3.63, 3.8) is 0 Å². The average Bonchev–Trinajstić information content (AvgIpc) is 2.55. The van der Waals surface area contributed by atoms with Crippen molar-refractivity contribution in [1.82, 2.24) is 5.32 Å². The molecule has 2 aliphatic rings. The molecule has 3 nitrogen and oxygen atoms in total. The molecule has 2 heterocycles. The molecule has 3 rings (SSSR count). The maximum Gasteiger partial charge on any atom is 0.237 e. The number of piperidine rings is 1. The van der Waals surface area contributed by atoms with Crippen molar-refractivity contribution >= 4 is 24.0 Å². The van der Waals surface area contributed by atoms with Gasteiger partial charge in [-0.15, -0.1) is 12.4 Å². The van der Waals surface area contributed by atoms with Crippen LogP contribution in [0.3, 0.4) is 0 Å². The zero-order valence-corrected chi connectivity index (χ0v) is 11.0. The third-order valence-electron chi connectivity index (χ3n) is 4.01. The van der Waals surface area contributed by atoms with Gasteiger partial charge in [0.15, 0.2) is 0 Å². The van der Waals surface area contributed by atoms with E-state index in [0.717, 1.165) is 31.5 Å². The number of carbonyl (C=O) groups is 1. The summed E-state index contributed by atoms with van der Waals surface area (Å²) < 4.78 is 13.8. The highest BCUT2D eigenvalue weighted by Gasteiger charge is 2.50. The van der Waals surface area contributed by atoms with E-state index in [1.807, 2.05) is 6.07 Å². The number of nitrogens with zero attached hydrogens (tertiary/aromatic N) is 1. The number of rotatable bonds is 0. The van der Waals surface area contributed by atoms with Crippen LogP contribution >= 0.6 is 12.4 Å². The number of hydrogen-bond acceptors (Lipinski definition) is 2. The Morgan fingerprint density at radius 1 is 1.33 bits per heavy atom. The SMILES string of the molecule is CN1C(=O)C2(CCNCC2)c2cccc(F)c21.Cl. The lowest BCUT2D eigenvalue weighted by Gasteiger charge is -2.32. The summed E-state index contributed by atoms with van der Waals surface area (Å²) in [4.78, 5) is 13.9. The smallest absolute Gasteiger partial charge is 0.237 e. The normalized spacial score (nSPS) is 20.8. The van der Waals surface area contributed by atoms with Gasteiger partial charge in [0.05, 0.1) is 11.1 Å². The van der Waals surface area contributed by atoms with Crippen LogP contribution in [0.1, 0.15) is 18.4 Å². The van der Waals surface area contributed by atoms with Gasteiger partial charge >= 0.3 is 0 Å². The first-order chi connectivity index (χ1) is 8.17. The van der Waals surface area contributed by atoms with Crippen LogP contribution in [0.2, 0.25) is 0 Å². The lowest BCUT2D eigenvalue weighted by atomic mass is 9.74. The van der Waals surface area contributed by atoms with E-state index in [9.17, 15) is 9.18 Å². The molecule has 1 amide bonds. The van der Waals surface area contributed by atoms with E-state index >= 15 is 0 Å². The number of amides is 1. The predicted octanol–water partition coefficient (Wildman–Crippen LogP) is 1.85. The Morgan fingerprint density at radius 2 is 2.00 bits per heavy atom. The average molecular weight is 271 g/mol. The first-order valence-electron chi connectivity index (χ1n) is 5.95. The van der Waals surface area contributed by atoms with Crippen molar-refractivity contribution < 1.29 is 9.18 Å². The molecule has 0 saturated carbocycles. The molecular formula is C13H16ClFN2O. The van der Waals surface area contributed by atoms with Crippen LogP contribution in [0.5, 0.6) is 0 Å². The van der Waals surface area contributed by atoms with Crippen LogP contribution in [-0.4, -0.2) is 26.0 Å². The van der Waals surface area contributed by atoms with Gasteiger partial charge in [0.25, 0.3) is 0 Å². The van der Waals surface area contributed by atoms with Crippen molar-refractivity contribution in [2.24, 2.45) is 0 Å². The number of anilines is 1. The molecule has 0 unspecified atom stereocenters. The molecular weight excluding hydrogens is 255 g/mol. The molecule has 2 aliphatic heterocycles. The first-order valence-corrected chi connectivity index (χ1v) is 5.95. The Labute approximate surface area is 112 Å². The van der Waals surface area contributed by atoms with Crippen molar-refractivity contribution in [3.8, 4) is 0 Å². The van der Waals surface area contributed by atoms with Gasteiger partial charge in [-0.1, -0.05) is 12.1 Å². The molecule has 1 aromatic carbocycles. The largest absolute Gasteiger partial charge is 0.317 e. The highest BCUT2D eigenvalue weighted by Crippen LogP contribution is 2.47. The van der Waals surface area contributed by atoms with Gasteiger partial charge in [-0.05, 0) is 37.6 Å². The van der Waals surface area contributed by atoms with Crippen LogP contribution in [0.15, 0.2) is 18.2 Å². The maximum atomic E-state index is 13.8. The van der Waals surface area contributed by atoms with Crippen LogP contribution in [0.4, 0.5) is 10.1 Å². The van der Waals surface area contributed by atoms with Crippen molar-refractivity contribution in [1.29, 1.82) is 0 Å². The monoisotopic (exact) mass is 270 g/mol. The molecule has 0 bridgehead atoms. The predicted molar refractivity (Wildman–Crippen MR) is 70.8 cm³/mol. The van der Waals surface area contributed by atoms with E-state index in [1.54, 1.807) is 13.1 Å². The summed E-state index contributed by atoms with van der Waals surface area (Å²) >= 11 is 0. The first kappa shape index (κ1) is 13.3. The highest BCUT2D eigenvalue weighted by atomic mass is 35.5. The number of halogens is 2. The number of benzene rings is 1. The van der Waals surface area contributed by atoms with Gasteiger partial charge in [-0.2, -0.15) is 0 Å². The molecule has 0 aromatic heterocycles. The molecule has 0 radical (unpaired) electrons. The van der Waals surface area contributed by atoms with Gasteiger partial charge in [-0.25, -0.2) is 4.39 Å². The fourth-order valence-electron chi connectivity index (χ4n) is 3.12. The number of hydrogen-bond donors (Lipinski definition) is 1. The summed E-state index contributed by atoms with van der Waals surface area (Å²) in [5.41, 5.74) is 0.850. The Balaban J connectivity index is 0.00000120. The molecule has 1 saturated heterocycles. The lowest BCUT2D eigenvalue weighted by Crippen LogP contribution is -2.46. The van der Waals surface area contributed by atoms with Gasteiger partial charge in [0.1, 0.15) is 5.82 Å². The Kier molecular flexibility index (Phi) is 3.34. The van der Waals surface area contributed by atoms with Gasteiger partial charge in [0, 0.05) is 7.05 Å². The zero-order valence-electron chi connectivity index (χ0n) is 10.2. The van der Waals surface area contributed by atoms with Gasteiger partial charge in [-0.3, -0.25) is 4.79 Å². The van der Waals surface area contributed by atoms with E-state index in [4.69, 9.17) is 0 Å². The van der Waals surface area contributed by atoms with E-state index in [1.165, 1.54) is 11.0 Å². The van der Waals surface area contributed by atoms with E-state index in [0.29, 0.717) is 5.69 Å². The highest BCUT2D eigenvalue weighted by molar-refractivity contribution is 6.08. The number of fused-ring (bicyclic) bond motifs is 2. The Morgan fingerprint density at radius 3 is 2.67 bits per heavy atom. The minimum atomic E-state index is -0.489. The Hall–Kier alpha value is -1.13. The second kappa shape index (κ2) is 4.52. The summed E-state index contributed by atoms with van der Waals surface area (Å²) in [5.74, 6) is -0.257. The molecule has 0 atom stereocenters. The summed E-state index contributed by atoms with van der Waals surface area (Å²) in [6, 6.07) is 5.01. The van der Waals surface area contributed by atoms with Crippen LogP contribution in [-0.2, 0) is 10.2 Å². The summed E-state index contributed by atoms with van der Waals surface area (Å²) in [6.45, 7) is 1.63. The summed E-state index contributed by atoms with van der Waals surface area (Å²) in [6.07, 6.45) is 1.51. The topological polar surface area (TPSA) is 32.3 Å². The van der Waals surface area contributed by atoms with Gasteiger partial charge < -0.3 is 10.2 Å². The minimum absolute atomic E-state index is 0. The Bertz CT molecular complexity index is 486. The standard InChI is InChI=1S/C13H15FN2O.ClH/c1-16-11-9(3-2-4-10(11)14)13(12(16)17)5-7-15-8-6-13;/h2-4,15H,5-8H2,1H3;1H. The summed E-state index contributed by atoms with van der Waals surface area (Å²) in [7, 11) is 1.67. The molecule has 98 valence electrons. The van der Waals surface area contributed by atoms with E-state index in [-0.39, 0.29) is 24.1 Å². The molecule has 18 heavy (non-hydrogen) atoms. The molecule has 1 aromatic rings. The van der Waals surface area contributed by atoms with Crippen molar-refractivity contribution in [2.75, 3.05) is 25.0 Å². The maximum absolute atomic E-state index is 13.8. The second-order valence-corrected chi connectivity index (χ2v) is 4.83. The number of nitrogens with one attached hydrogen (secondary N) is 1. The second-order valence-electron chi connectivity index (χ2n) is 4.83. The molecule has 1 N–H and O–H groups in total. The number of para-hydroxylation sites is 1. The fourth-order valence-corrected chi connectivity index (χ4v) is 3.12. The molecule has 0 aliphatic carbocycles. The fraction of sp³-hybridized carbons (Fsp3) is 0.462. The van der Waals surface area contributed by atoms with Crippen LogP contribution < -0.4 is 10.2 Å². The molecule has 5 heteroatoms. The third-order valence-corrected chi connectivity index (χ3v) is 4.01. The number of likely N-dealkylation sites (N-methyl/N-ethyl adjacent to an activating group) is 1. The summed E-state index contributed by atoms with van der Waals surface area (Å²) in [5, 5.41) is 3.25. The van der Waals surface area contributed by atoms with E-state index < -0.39 is 5.41 Å². The van der Waals surface area contributed by atoms with E-state index in [2.05, 4.69) is 5.32 Å². The van der Waals surface area contributed by atoms with Crippen molar-refractivity contribution in [2.45, 2.75) is 18.3 Å². The third kappa shape index (κ3) is 1.56. The minimum Gasteiger partial charge on any atom is -0.317 e.